The number of ketones is 1. The average Bonchev–Trinajstić information content (AvgIpc) is 2.23. The minimum atomic E-state index is -1.34. The molecular weight excluding hydrogens is 183 g/mol. The monoisotopic (exact) mass is 194 g/mol. The van der Waals surface area contributed by atoms with Crippen molar-refractivity contribution in [1.29, 1.82) is 0 Å². The number of anilines is 1. The molecule has 74 valence electrons. The highest BCUT2D eigenvalue weighted by Crippen LogP contribution is 2.18. The van der Waals surface area contributed by atoms with Crippen LogP contribution >= 0.6 is 0 Å². The van der Waals surface area contributed by atoms with Gasteiger partial charge in [-0.25, -0.2) is 4.39 Å². The maximum absolute atomic E-state index is 13.1. The third kappa shape index (κ3) is 1.73. The molecule has 4 heteroatoms. The number of carbonyl (C=O) groups is 1. The summed E-state index contributed by atoms with van der Waals surface area (Å²) in [5.41, 5.74) is 0.877. The van der Waals surface area contributed by atoms with Crippen molar-refractivity contribution in [2.45, 2.75) is 12.6 Å². The van der Waals surface area contributed by atoms with Gasteiger partial charge in [-0.15, -0.1) is 0 Å². The fourth-order valence-electron chi connectivity index (χ4n) is 1.56. The fraction of sp³-hybridized carbons (Fsp3) is 0.400. The van der Waals surface area contributed by atoms with Gasteiger partial charge >= 0.3 is 0 Å². The lowest BCUT2D eigenvalue weighted by atomic mass is 10.1. The largest absolute Gasteiger partial charge is 0.366 e. The summed E-state index contributed by atoms with van der Waals surface area (Å²) in [6.07, 6.45) is 2.30. The molecule has 1 aromatic rings. The quantitative estimate of drug-likeness (QED) is 0.673. The molecule has 0 spiro atoms. The van der Waals surface area contributed by atoms with Crippen LogP contribution in [0.1, 0.15) is 6.42 Å². The molecule has 1 aliphatic heterocycles. The van der Waals surface area contributed by atoms with Gasteiger partial charge in [0.15, 0.2) is 12.0 Å². The van der Waals surface area contributed by atoms with Crippen LogP contribution in [0.15, 0.2) is 24.5 Å². The summed E-state index contributed by atoms with van der Waals surface area (Å²) < 4.78 is 13.1. The molecule has 1 saturated heterocycles. The van der Waals surface area contributed by atoms with E-state index in [0.29, 0.717) is 6.54 Å². The first kappa shape index (κ1) is 9.12. The fourth-order valence-corrected chi connectivity index (χ4v) is 1.56. The maximum Gasteiger partial charge on any atom is 0.175 e. The summed E-state index contributed by atoms with van der Waals surface area (Å²) >= 11 is 0. The van der Waals surface area contributed by atoms with Gasteiger partial charge in [0.05, 0.1) is 18.4 Å². The van der Waals surface area contributed by atoms with Crippen molar-refractivity contribution in [2.75, 3.05) is 18.0 Å². The van der Waals surface area contributed by atoms with Gasteiger partial charge in [-0.05, 0) is 12.1 Å². The lowest BCUT2D eigenvalue weighted by Crippen LogP contribution is -2.42. The van der Waals surface area contributed by atoms with E-state index in [1.807, 2.05) is 11.0 Å². The molecule has 2 rings (SSSR count). The lowest BCUT2D eigenvalue weighted by molar-refractivity contribution is -0.124. The average molecular weight is 194 g/mol. The van der Waals surface area contributed by atoms with Gasteiger partial charge in [-0.2, -0.15) is 0 Å². The van der Waals surface area contributed by atoms with Gasteiger partial charge in [-0.1, -0.05) is 0 Å². The van der Waals surface area contributed by atoms with Crippen molar-refractivity contribution in [3.8, 4) is 0 Å². The predicted octanol–water partition coefficient (Wildman–Crippen LogP) is 1.20. The molecule has 1 fully saturated rings. The van der Waals surface area contributed by atoms with Crippen molar-refractivity contribution in [3.63, 3.8) is 0 Å². The second-order valence-electron chi connectivity index (χ2n) is 3.34. The van der Waals surface area contributed by atoms with Crippen molar-refractivity contribution in [2.24, 2.45) is 0 Å². The Bertz CT molecular complexity index is 328. The SMILES string of the molecule is O=C1CCN(c2cccnc2)C[C@H]1F. The minimum Gasteiger partial charge on any atom is -0.366 e. The molecular formula is C10H11FN2O. The third-order valence-electron chi connectivity index (χ3n) is 2.37. The number of alkyl halides is 1. The van der Waals surface area contributed by atoms with Crippen molar-refractivity contribution >= 4 is 11.5 Å². The molecule has 0 unspecified atom stereocenters. The van der Waals surface area contributed by atoms with Crippen molar-refractivity contribution in [3.05, 3.63) is 24.5 Å². The zero-order valence-electron chi connectivity index (χ0n) is 7.69. The Morgan fingerprint density at radius 1 is 1.57 bits per heavy atom. The van der Waals surface area contributed by atoms with Crippen LogP contribution in [0.4, 0.5) is 10.1 Å². The van der Waals surface area contributed by atoms with E-state index in [9.17, 15) is 9.18 Å². The van der Waals surface area contributed by atoms with E-state index in [1.165, 1.54) is 0 Å². The highest BCUT2D eigenvalue weighted by atomic mass is 19.1. The number of nitrogens with zero attached hydrogens (tertiary/aromatic N) is 2. The number of aromatic nitrogens is 1. The van der Waals surface area contributed by atoms with E-state index >= 15 is 0 Å². The highest BCUT2D eigenvalue weighted by molar-refractivity contribution is 5.85. The van der Waals surface area contributed by atoms with Gasteiger partial charge < -0.3 is 4.90 Å². The zero-order chi connectivity index (χ0) is 9.97. The number of carbonyl (C=O) groups excluding carboxylic acids is 1. The summed E-state index contributed by atoms with van der Waals surface area (Å²) in [5.74, 6) is -0.287. The van der Waals surface area contributed by atoms with E-state index in [0.717, 1.165) is 5.69 Å². The Morgan fingerprint density at radius 3 is 3.07 bits per heavy atom. The Balaban J connectivity index is 2.11. The number of rotatable bonds is 1. The molecule has 1 aromatic heterocycles. The zero-order valence-corrected chi connectivity index (χ0v) is 7.69. The molecule has 0 radical (unpaired) electrons. The van der Waals surface area contributed by atoms with E-state index in [2.05, 4.69) is 4.98 Å². The lowest BCUT2D eigenvalue weighted by Gasteiger charge is -2.29. The van der Waals surface area contributed by atoms with Crippen LogP contribution in [0.5, 0.6) is 0 Å². The van der Waals surface area contributed by atoms with Gasteiger partial charge in [0, 0.05) is 19.2 Å². The van der Waals surface area contributed by atoms with Crippen LogP contribution in [-0.4, -0.2) is 30.0 Å². The standard InChI is InChI=1S/C10H11FN2O/c11-9-7-13(5-3-10(9)14)8-2-1-4-12-6-8/h1-2,4,6,9H,3,5,7H2/t9-/m1/s1. The van der Waals surface area contributed by atoms with Crippen LogP contribution < -0.4 is 4.90 Å². The Kier molecular flexibility index (Phi) is 2.43. The third-order valence-corrected chi connectivity index (χ3v) is 2.37. The first-order valence-electron chi connectivity index (χ1n) is 4.59. The van der Waals surface area contributed by atoms with Crippen LogP contribution in [0.3, 0.4) is 0 Å². The van der Waals surface area contributed by atoms with E-state index in [4.69, 9.17) is 0 Å². The van der Waals surface area contributed by atoms with E-state index in [-0.39, 0.29) is 18.7 Å². The summed E-state index contributed by atoms with van der Waals surface area (Å²) in [5, 5.41) is 0. The van der Waals surface area contributed by atoms with Crippen LogP contribution in [0.2, 0.25) is 0 Å². The molecule has 0 saturated carbocycles. The Labute approximate surface area is 81.6 Å². The number of pyridine rings is 1. The van der Waals surface area contributed by atoms with E-state index < -0.39 is 6.17 Å². The van der Waals surface area contributed by atoms with E-state index in [1.54, 1.807) is 18.5 Å². The summed E-state index contributed by atoms with van der Waals surface area (Å²) in [7, 11) is 0. The molecule has 14 heavy (non-hydrogen) atoms. The maximum atomic E-state index is 13.1. The molecule has 1 atom stereocenters. The van der Waals surface area contributed by atoms with Gasteiger partial charge in [-0.3, -0.25) is 9.78 Å². The Hall–Kier alpha value is -1.45. The predicted molar refractivity (Wildman–Crippen MR) is 51.0 cm³/mol. The number of hydrogen-bond acceptors (Lipinski definition) is 3. The topological polar surface area (TPSA) is 33.2 Å². The second kappa shape index (κ2) is 3.74. The van der Waals surface area contributed by atoms with Crippen LogP contribution in [-0.2, 0) is 4.79 Å². The molecule has 0 N–H and O–H groups in total. The first-order valence-corrected chi connectivity index (χ1v) is 4.59. The number of halogens is 1. The van der Waals surface area contributed by atoms with Gasteiger partial charge in [0.25, 0.3) is 0 Å². The van der Waals surface area contributed by atoms with Crippen molar-refractivity contribution in [1.82, 2.24) is 4.98 Å². The number of Topliss-reactive ketones (excluding diaryl/α,β-unsaturated/α-hetero) is 1. The van der Waals surface area contributed by atoms with Gasteiger partial charge in [0.2, 0.25) is 0 Å². The summed E-state index contributed by atoms with van der Waals surface area (Å²) in [4.78, 5) is 16.8. The molecule has 0 aliphatic carbocycles. The Morgan fingerprint density at radius 2 is 2.43 bits per heavy atom. The summed E-state index contributed by atoms with van der Waals surface area (Å²) in [6.45, 7) is 0.746. The van der Waals surface area contributed by atoms with Crippen LogP contribution in [0.25, 0.3) is 0 Å². The summed E-state index contributed by atoms with van der Waals surface area (Å²) in [6, 6.07) is 3.68. The molecule has 0 amide bonds. The molecule has 1 aliphatic rings. The normalized spacial score (nSPS) is 22.5. The smallest absolute Gasteiger partial charge is 0.175 e. The molecule has 2 heterocycles. The molecule has 0 bridgehead atoms. The van der Waals surface area contributed by atoms with Crippen molar-refractivity contribution < 1.29 is 9.18 Å². The minimum absolute atomic E-state index is 0.157. The molecule has 0 aromatic carbocycles. The van der Waals surface area contributed by atoms with Gasteiger partial charge in [0.1, 0.15) is 0 Å². The second-order valence-corrected chi connectivity index (χ2v) is 3.34. The first-order chi connectivity index (χ1) is 6.77. The molecule has 3 nitrogen and oxygen atoms in total. The highest BCUT2D eigenvalue weighted by Gasteiger charge is 2.26. The number of piperidine rings is 1. The van der Waals surface area contributed by atoms with Crippen LogP contribution in [0, 0.1) is 0 Å². The number of hydrogen-bond donors (Lipinski definition) is 0.